The molecule has 2 nitrogen and oxygen atoms in total. The second kappa shape index (κ2) is 6.07. The molecule has 0 saturated heterocycles. The fraction of sp³-hybridized carbons (Fsp3) is 0.714. The Morgan fingerprint density at radius 2 is 2.04 bits per heavy atom. The van der Waals surface area contributed by atoms with Crippen molar-refractivity contribution in [2.75, 3.05) is 6.01 Å². The van der Waals surface area contributed by atoms with E-state index in [-0.39, 0.29) is 27.6 Å². The first-order chi connectivity index (χ1) is 11.9. The summed E-state index contributed by atoms with van der Waals surface area (Å²) in [7, 11) is 0. The van der Waals surface area contributed by atoms with E-state index in [1.807, 2.05) is 6.08 Å². The molecule has 0 amide bonds. The lowest BCUT2D eigenvalue weighted by Crippen LogP contribution is -2.50. The highest BCUT2D eigenvalue weighted by Crippen LogP contribution is 2.66. The molecule has 6 atom stereocenters. The third-order valence-corrected chi connectivity index (χ3v) is 8.72. The Bertz CT molecular complexity index is 669. The maximum Gasteiger partial charge on any atom is 0.195 e. The van der Waals surface area contributed by atoms with Gasteiger partial charge in [0.1, 0.15) is 6.01 Å². The average molecular weight is 363 g/mol. The first-order valence-electron chi connectivity index (χ1n) is 9.57. The van der Waals surface area contributed by atoms with Gasteiger partial charge in [-0.2, -0.15) is 0 Å². The van der Waals surface area contributed by atoms with Gasteiger partial charge in [-0.15, -0.1) is 0 Å². The molecule has 0 aromatic carbocycles. The van der Waals surface area contributed by atoms with Gasteiger partial charge < -0.3 is 0 Å². The first-order valence-corrected chi connectivity index (χ1v) is 10.6. The zero-order chi connectivity index (χ0) is 17.8. The van der Waals surface area contributed by atoms with Crippen molar-refractivity contribution in [1.82, 2.24) is 0 Å². The Balaban J connectivity index is 1.62. The van der Waals surface area contributed by atoms with Crippen LogP contribution in [0.5, 0.6) is 0 Å². The standard InChI is InChI=1S/C21H27FO2S/c1-20-9-7-14(23)11-13(20)3-4-15-16-5-6-18(19(24)25-12-22)21(16,2)10-8-17(15)20/h7,9,11,15-18H,3-6,8,10,12H2,1-2H3. The third-order valence-electron chi connectivity index (χ3n) is 8.04. The number of allylic oxidation sites excluding steroid dienone is 4. The van der Waals surface area contributed by atoms with Crippen molar-refractivity contribution < 1.29 is 14.0 Å². The predicted octanol–water partition coefficient (Wildman–Crippen LogP) is 5.10. The molecule has 0 radical (unpaired) electrons. The summed E-state index contributed by atoms with van der Waals surface area (Å²) in [6.07, 6.45) is 12.1. The highest BCUT2D eigenvalue weighted by molar-refractivity contribution is 8.13. The third kappa shape index (κ3) is 2.50. The summed E-state index contributed by atoms with van der Waals surface area (Å²) in [5, 5.41) is 0.0664. The van der Waals surface area contributed by atoms with Crippen LogP contribution in [0.25, 0.3) is 0 Å². The lowest BCUT2D eigenvalue weighted by molar-refractivity contribution is -0.121. The first kappa shape index (κ1) is 17.5. The molecule has 4 aliphatic carbocycles. The number of carbonyl (C=O) groups is 2. The Morgan fingerprint density at radius 3 is 2.80 bits per heavy atom. The minimum absolute atomic E-state index is 0.00788. The Labute approximate surface area is 153 Å². The van der Waals surface area contributed by atoms with Gasteiger partial charge in [0.2, 0.25) is 0 Å². The van der Waals surface area contributed by atoms with Crippen molar-refractivity contribution in [2.24, 2.45) is 34.5 Å². The lowest BCUT2D eigenvalue weighted by Gasteiger charge is -2.56. The molecule has 0 aromatic heterocycles. The number of rotatable bonds is 2. The summed E-state index contributed by atoms with van der Waals surface area (Å²) in [6, 6.07) is -0.604. The van der Waals surface area contributed by atoms with Crippen LogP contribution < -0.4 is 0 Å². The second-order valence-electron chi connectivity index (χ2n) is 8.85. The Kier molecular flexibility index (Phi) is 4.25. The van der Waals surface area contributed by atoms with Crippen molar-refractivity contribution in [1.29, 1.82) is 0 Å². The highest BCUT2D eigenvalue weighted by Gasteiger charge is 2.59. The van der Waals surface area contributed by atoms with E-state index in [0.29, 0.717) is 17.8 Å². The molecule has 6 unspecified atom stereocenters. The number of hydrogen-bond acceptors (Lipinski definition) is 3. The molecule has 0 spiro atoms. The number of alkyl halides is 1. The van der Waals surface area contributed by atoms with Crippen LogP contribution in [-0.4, -0.2) is 16.9 Å². The highest BCUT2D eigenvalue weighted by atomic mass is 32.2. The van der Waals surface area contributed by atoms with Crippen molar-refractivity contribution in [3.8, 4) is 0 Å². The molecule has 0 heterocycles. The van der Waals surface area contributed by atoms with Crippen LogP contribution in [-0.2, 0) is 9.59 Å². The molecular formula is C21H27FO2S. The molecule has 3 saturated carbocycles. The normalized spacial score (nSPS) is 45.4. The van der Waals surface area contributed by atoms with Gasteiger partial charge in [-0.3, -0.25) is 9.59 Å². The maximum absolute atomic E-state index is 12.7. The quantitative estimate of drug-likeness (QED) is 0.685. The van der Waals surface area contributed by atoms with E-state index in [2.05, 4.69) is 19.9 Å². The van der Waals surface area contributed by atoms with E-state index in [1.165, 1.54) is 5.57 Å². The van der Waals surface area contributed by atoms with Crippen LogP contribution >= 0.6 is 11.8 Å². The van der Waals surface area contributed by atoms with Gasteiger partial charge in [0.25, 0.3) is 0 Å². The monoisotopic (exact) mass is 362 g/mol. The van der Waals surface area contributed by atoms with E-state index >= 15 is 0 Å². The van der Waals surface area contributed by atoms with Crippen LogP contribution in [0, 0.1) is 34.5 Å². The van der Waals surface area contributed by atoms with Gasteiger partial charge in [0.05, 0.1) is 0 Å². The number of hydrogen-bond donors (Lipinski definition) is 0. The topological polar surface area (TPSA) is 34.1 Å². The van der Waals surface area contributed by atoms with Crippen LogP contribution in [0.2, 0.25) is 0 Å². The van der Waals surface area contributed by atoms with E-state index in [4.69, 9.17) is 0 Å². The van der Waals surface area contributed by atoms with Crippen LogP contribution in [0.4, 0.5) is 4.39 Å². The molecule has 4 rings (SSSR count). The van der Waals surface area contributed by atoms with Crippen LogP contribution in [0.3, 0.4) is 0 Å². The molecular weight excluding hydrogens is 335 g/mol. The molecule has 0 aromatic rings. The maximum atomic E-state index is 12.7. The smallest absolute Gasteiger partial charge is 0.195 e. The number of ketones is 1. The molecule has 25 heavy (non-hydrogen) atoms. The molecule has 3 fully saturated rings. The zero-order valence-electron chi connectivity index (χ0n) is 15.1. The van der Waals surface area contributed by atoms with Gasteiger partial charge in [-0.05, 0) is 73.8 Å². The summed E-state index contributed by atoms with van der Waals surface area (Å²) in [4.78, 5) is 24.3. The minimum atomic E-state index is -0.604. The van der Waals surface area contributed by atoms with E-state index in [9.17, 15) is 14.0 Å². The molecule has 4 aliphatic rings. The molecule has 0 N–H and O–H groups in total. The average Bonchev–Trinajstić information content (AvgIpc) is 2.93. The number of fused-ring (bicyclic) bond motifs is 5. The molecule has 0 bridgehead atoms. The van der Waals surface area contributed by atoms with Crippen LogP contribution in [0.1, 0.15) is 52.4 Å². The van der Waals surface area contributed by atoms with Gasteiger partial charge in [-0.1, -0.05) is 37.3 Å². The van der Waals surface area contributed by atoms with Gasteiger partial charge in [-0.25, -0.2) is 4.39 Å². The van der Waals surface area contributed by atoms with Crippen molar-refractivity contribution in [3.05, 3.63) is 23.8 Å². The van der Waals surface area contributed by atoms with Gasteiger partial charge in [0, 0.05) is 11.3 Å². The van der Waals surface area contributed by atoms with E-state index < -0.39 is 6.01 Å². The van der Waals surface area contributed by atoms with Crippen molar-refractivity contribution in [2.45, 2.75) is 52.4 Å². The summed E-state index contributed by atoms with van der Waals surface area (Å²) in [6.45, 7) is 4.59. The summed E-state index contributed by atoms with van der Waals surface area (Å²) >= 11 is 0.867. The van der Waals surface area contributed by atoms with E-state index in [1.54, 1.807) is 6.08 Å². The zero-order valence-corrected chi connectivity index (χ0v) is 15.9. The summed E-state index contributed by atoms with van der Waals surface area (Å²) < 4.78 is 12.7. The molecule has 136 valence electrons. The van der Waals surface area contributed by atoms with Crippen LogP contribution in [0.15, 0.2) is 23.8 Å². The van der Waals surface area contributed by atoms with Crippen molar-refractivity contribution >= 4 is 22.7 Å². The number of thioether (sulfide) groups is 1. The van der Waals surface area contributed by atoms with Gasteiger partial charge in [0.15, 0.2) is 10.9 Å². The summed E-state index contributed by atoms with van der Waals surface area (Å²) in [5.41, 5.74) is 1.35. The largest absolute Gasteiger partial charge is 0.290 e. The fourth-order valence-corrected chi connectivity index (χ4v) is 7.44. The van der Waals surface area contributed by atoms with E-state index in [0.717, 1.165) is 50.3 Å². The van der Waals surface area contributed by atoms with Gasteiger partial charge >= 0.3 is 0 Å². The molecule has 0 aliphatic heterocycles. The Morgan fingerprint density at radius 1 is 1.24 bits per heavy atom. The number of carbonyl (C=O) groups excluding carboxylic acids is 2. The fourth-order valence-electron chi connectivity index (χ4n) is 6.74. The second-order valence-corrected chi connectivity index (χ2v) is 9.76. The summed E-state index contributed by atoms with van der Waals surface area (Å²) in [5.74, 6) is 1.89. The minimum Gasteiger partial charge on any atom is -0.290 e. The predicted molar refractivity (Wildman–Crippen MR) is 98.7 cm³/mol. The Hall–Kier alpha value is -0.900. The molecule has 4 heteroatoms. The number of halogens is 1. The SMILES string of the molecule is CC12C=CC(=O)C=C1CCC1C2CCC2(C)C(C(=O)SCF)CCC12. The lowest BCUT2D eigenvalue weighted by atomic mass is 9.48. The van der Waals surface area contributed by atoms with Crippen molar-refractivity contribution in [3.63, 3.8) is 0 Å².